The number of hydrogen-bond acceptors (Lipinski definition) is 3. The van der Waals surface area contributed by atoms with E-state index in [2.05, 4.69) is 11.9 Å². The normalized spacial score (nSPS) is 9.79. The second kappa shape index (κ2) is 4.85. The molecule has 0 saturated heterocycles. The number of carbonyl (C=O) groups excluding carboxylic acids is 1. The number of anilines is 1. The Bertz CT molecular complexity index is 429. The summed E-state index contributed by atoms with van der Waals surface area (Å²) in [4.78, 5) is 10.9. The van der Waals surface area contributed by atoms with Crippen molar-refractivity contribution in [3.8, 4) is 0 Å². The molecule has 4 nitrogen and oxygen atoms in total. The van der Waals surface area contributed by atoms with Crippen LogP contribution < -0.4 is 5.32 Å². The van der Waals surface area contributed by atoms with Gasteiger partial charge in [0.05, 0.1) is 9.26 Å². The summed E-state index contributed by atoms with van der Waals surface area (Å²) in [7, 11) is 0. The fraction of sp³-hybridized carbons (Fsp3) is 0. The van der Waals surface area contributed by atoms with Crippen LogP contribution in [0.2, 0.25) is 0 Å². The van der Waals surface area contributed by atoms with E-state index in [1.807, 2.05) is 0 Å². The SMILES string of the molecule is C=CC(=O)Nc1ccccc1I(=O)=O. The third-order valence-electron chi connectivity index (χ3n) is 1.48. The first-order chi connectivity index (χ1) is 6.65. The number of carbonyl (C=O) groups is 1. The minimum absolute atomic E-state index is 0.187. The molecule has 0 spiro atoms. The third-order valence-corrected chi connectivity index (χ3v) is 3.37. The smallest absolute Gasteiger partial charge is 0.321 e. The van der Waals surface area contributed by atoms with Gasteiger partial charge in [-0.05, 0) is 18.2 Å². The van der Waals surface area contributed by atoms with Gasteiger partial charge in [0.15, 0.2) is 0 Å². The van der Waals surface area contributed by atoms with Crippen molar-refractivity contribution in [2.45, 2.75) is 0 Å². The number of amides is 1. The maximum Gasteiger partial charge on any atom is 0.342 e. The summed E-state index contributed by atoms with van der Waals surface area (Å²) in [6.45, 7) is 3.28. The second-order valence-electron chi connectivity index (χ2n) is 2.39. The molecule has 1 N–H and O–H groups in total. The maximum atomic E-state index is 10.9. The van der Waals surface area contributed by atoms with E-state index < -0.39 is 25.7 Å². The number of hydrogen-bond donors (Lipinski definition) is 1. The van der Waals surface area contributed by atoms with Crippen LogP contribution in [-0.2, 0) is 10.9 Å². The highest BCUT2D eigenvalue weighted by molar-refractivity contribution is 14.2. The van der Waals surface area contributed by atoms with E-state index in [1.165, 1.54) is 12.1 Å². The average molecular weight is 305 g/mol. The summed E-state index contributed by atoms with van der Waals surface area (Å²) in [6.07, 6.45) is 1.09. The summed E-state index contributed by atoms with van der Waals surface area (Å²) < 4.78 is 21.9. The van der Waals surface area contributed by atoms with Crippen LogP contribution in [0.4, 0.5) is 5.69 Å². The van der Waals surface area contributed by atoms with Crippen LogP contribution in [0.15, 0.2) is 36.9 Å². The van der Waals surface area contributed by atoms with Crippen LogP contribution in [-0.4, -0.2) is 5.91 Å². The Labute approximate surface area is 88.2 Å². The van der Waals surface area contributed by atoms with Crippen molar-refractivity contribution in [2.75, 3.05) is 5.32 Å². The summed E-state index contributed by atoms with van der Waals surface area (Å²) in [6, 6.07) is 6.27. The van der Waals surface area contributed by atoms with E-state index in [0.717, 1.165) is 6.08 Å². The van der Waals surface area contributed by atoms with E-state index in [1.54, 1.807) is 12.1 Å². The minimum Gasteiger partial charge on any atom is -0.321 e. The van der Waals surface area contributed by atoms with Gasteiger partial charge >= 0.3 is 19.8 Å². The standard InChI is InChI=1S/C9H8INO3/c1-2-9(12)11-8-6-4-3-5-7(8)10(13)14/h2-6H,1H2,(H,11,12). The highest BCUT2D eigenvalue weighted by atomic mass is 127. The monoisotopic (exact) mass is 305 g/mol. The van der Waals surface area contributed by atoms with Crippen LogP contribution >= 0.6 is 19.8 Å². The molecule has 0 bridgehead atoms. The summed E-state index contributed by atoms with van der Waals surface area (Å²) in [5.74, 6) is -0.421. The van der Waals surface area contributed by atoms with E-state index in [4.69, 9.17) is 0 Å². The zero-order valence-electron chi connectivity index (χ0n) is 7.20. The fourth-order valence-electron chi connectivity index (χ4n) is 0.881. The highest BCUT2D eigenvalue weighted by Crippen LogP contribution is 2.25. The minimum atomic E-state index is -3.55. The molecular formula is C9H8INO3. The van der Waals surface area contributed by atoms with Gasteiger partial charge in [-0.3, -0.25) is 4.79 Å². The molecule has 0 unspecified atom stereocenters. The van der Waals surface area contributed by atoms with Crippen molar-refractivity contribution < 1.29 is 10.9 Å². The molecule has 5 heteroatoms. The van der Waals surface area contributed by atoms with E-state index in [0.29, 0.717) is 5.69 Å². The van der Waals surface area contributed by atoms with Crippen molar-refractivity contribution in [3.05, 3.63) is 40.5 Å². The predicted octanol–water partition coefficient (Wildman–Crippen LogP) is 2.18. The first-order valence-corrected chi connectivity index (χ1v) is 6.57. The van der Waals surface area contributed by atoms with Gasteiger partial charge in [-0.15, -0.1) is 0 Å². The Balaban J connectivity index is 3.07. The zero-order chi connectivity index (χ0) is 10.6. The number of benzene rings is 1. The fourth-order valence-corrected chi connectivity index (χ4v) is 2.17. The number of halogens is 1. The largest absolute Gasteiger partial charge is 0.342 e. The molecular weight excluding hydrogens is 297 g/mol. The molecule has 0 atom stereocenters. The predicted molar refractivity (Wildman–Crippen MR) is 59.4 cm³/mol. The molecule has 1 aromatic carbocycles. The van der Waals surface area contributed by atoms with Gasteiger partial charge in [-0.25, -0.2) is 6.14 Å². The molecule has 0 aliphatic carbocycles. The lowest BCUT2D eigenvalue weighted by atomic mass is 10.3. The van der Waals surface area contributed by atoms with Gasteiger partial charge < -0.3 is 5.32 Å². The Morgan fingerprint density at radius 2 is 2.00 bits per heavy atom. The zero-order valence-corrected chi connectivity index (χ0v) is 9.35. The van der Waals surface area contributed by atoms with Crippen LogP contribution in [0, 0.1) is 3.57 Å². The topological polar surface area (TPSA) is 63.2 Å². The maximum absolute atomic E-state index is 10.9. The van der Waals surface area contributed by atoms with Gasteiger partial charge in [-0.2, -0.15) is 0 Å². The van der Waals surface area contributed by atoms with Gasteiger partial charge in [-0.1, -0.05) is 18.7 Å². The molecule has 0 aliphatic heterocycles. The van der Waals surface area contributed by atoms with Crippen LogP contribution in [0.1, 0.15) is 0 Å². The molecule has 14 heavy (non-hydrogen) atoms. The Morgan fingerprint density at radius 1 is 1.36 bits per heavy atom. The molecule has 0 aliphatic rings. The quantitative estimate of drug-likeness (QED) is 0.687. The number of rotatable bonds is 3. The molecule has 1 rings (SSSR count). The Kier molecular flexibility index (Phi) is 3.75. The summed E-state index contributed by atoms with van der Waals surface area (Å²) >= 11 is -3.55. The lowest BCUT2D eigenvalue weighted by Crippen LogP contribution is -2.08. The van der Waals surface area contributed by atoms with Crippen molar-refractivity contribution in [2.24, 2.45) is 0 Å². The first-order valence-electron chi connectivity index (χ1n) is 3.73. The molecule has 1 amide bonds. The van der Waals surface area contributed by atoms with Crippen molar-refractivity contribution in [1.29, 1.82) is 0 Å². The van der Waals surface area contributed by atoms with E-state index in [9.17, 15) is 10.9 Å². The molecule has 0 radical (unpaired) electrons. The average Bonchev–Trinajstić information content (AvgIpc) is 2.18. The number of para-hydroxylation sites is 1. The molecule has 0 saturated carbocycles. The lowest BCUT2D eigenvalue weighted by Gasteiger charge is -2.02. The van der Waals surface area contributed by atoms with Crippen LogP contribution in [0.5, 0.6) is 0 Å². The first kappa shape index (κ1) is 10.8. The highest BCUT2D eigenvalue weighted by Gasteiger charge is 2.07. The molecule has 1 aromatic rings. The summed E-state index contributed by atoms with van der Waals surface area (Å²) in [5, 5.41) is 2.42. The summed E-state index contributed by atoms with van der Waals surface area (Å²) in [5.41, 5.74) is 0.313. The Morgan fingerprint density at radius 3 is 2.57 bits per heavy atom. The third kappa shape index (κ3) is 2.63. The molecule has 0 aromatic heterocycles. The van der Waals surface area contributed by atoms with Crippen molar-refractivity contribution in [1.82, 2.24) is 0 Å². The van der Waals surface area contributed by atoms with E-state index in [-0.39, 0.29) is 3.57 Å². The van der Waals surface area contributed by atoms with Gasteiger partial charge in [0.2, 0.25) is 5.91 Å². The number of nitrogens with one attached hydrogen (secondary N) is 1. The van der Waals surface area contributed by atoms with Crippen molar-refractivity contribution >= 4 is 31.4 Å². The molecule has 0 fully saturated rings. The molecule has 74 valence electrons. The van der Waals surface area contributed by atoms with Crippen LogP contribution in [0.3, 0.4) is 0 Å². The lowest BCUT2D eigenvalue weighted by molar-refractivity contribution is -0.111. The Hall–Kier alpha value is -1.24. The van der Waals surface area contributed by atoms with Gasteiger partial charge in [0.1, 0.15) is 0 Å². The second-order valence-corrected chi connectivity index (χ2v) is 4.79. The van der Waals surface area contributed by atoms with Crippen molar-refractivity contribution in [3.63, 3.8) is 0 Å². The van der Waals surface area contributed by atoms with E-state index >= 15 is 0 Å². The molecule has 0 heterocycles. The van der Waals surface area contributed by atoms with Gasteiger partial charge in [0, 0.05) is 0 Å². The van der Waals surface area contributed by atoms with Crippen LogP contribution in [0.25, 0.3) is 0 Å². The van der Waals surface area contributed by atoms with Gasteiger partial charge in [0.25, 0.3) is 0 Å².